The number of carbonyl (C=O) groups is 2. The van der Waals surface area contributed by atoms with E-state index in [2.05, 4.69) is 49.6 Å². The zero-order valence-corrected chi connectivity index (χ0v) is 19.4. The van der Waals surface area contributed by atoms with Gasteiger partial charge >= 0.3 is 0 Å². The molecule has 6 N–H and O–H groups in total. The molecule has 0 aliphatic carbocycles. The van der Waals surface area contributed by atoms with Gasteiger partial charge in [-0.25, -0.2) is 0 Å². The molecule has 0 aromatic heterocycles. The molecular formula is C28H30N2O4. The molecule has 0 radical (unpaired) electrons. The number of fused-ring (bicyclic) bond motifs is 1. The highest BCUT2D eigenvalue weighted by Gasteiger charge is 2.00. The number of carboxylic acids is 2. The third-order valence-electron chi connectivity index (χ3n) is 5.05. The van der Waals surface area contributed by atoms with E-state index in [-0.39, 0.29) is 11.1 Å². The molecule has 0 bridgehead atoms. The van der Waals surface area contributed by atoms with Crippen LogP contribution in [0.4, 0.5) is 0 Å². The van der Waals surface area contributed by atoms with Gasteiger partial charge in [0.2, 0.25) is 0 Å². The first kappa shape index (κ1) is 26.3. The topological polar surface area (TPSA) is 136 Å². The molecule has 0 saturated carbocycles. The Kier molecular flexibility index (Phi) is 9.95. The maximum Gasteiger partial charge on any atom is 0.107 e. The van der Waals surface area contributed by atoms with Gasteiger partial charge in [0.15, 0.2) is 0 Å². The number of carboxylic acid groups (broad SMARTS) is 2. The SMILES string of the molecule is C[C@@H]([NH3+])c1ccccc1.C[C@H]([NH3+])c1ccccc1.O=C([O-])c1ccc2cc(C(=O)[O-])ccc2c1. The molecule has 0 spiro atoms. The van der Waals surface area contributed by atoms with Crippen molar-refractivity contribution in [2.75, 3.05) is 0 Å². The summed E-state index contributed by atoms with van der Waals surface area (Å²) in [5.41, 5.74) is 10.6. The van der Waals surface area contributed by atoms with Crippen molar-refractivity contribution in [1.29, 1.82) is 0 Å². The molecule has 0 saturated heterocycles. The fourth-order valence-corrected chi connectivity index (χ4v) is 3.06. The summed E-state index contributed by atoms with van der Waals surface area (Å²) in [6.07, 6.45) is 0. The molecule has 4 aromatic carbocycles. The molecule has 0 fully saturated rings. The molecule has 4 aromatic rings. The highest BCUT2D eigenvalue weighted by atomic mass is 16.4. The Morgan fingerprint density at radius 1 is 0.588 bits per heavy atom. The Labute approximate surface area is 199 Å². The van der Waals surface area contributed by atoms with E-state index in [9.17, 15) is 19.8 Å². The normalized spacial score (nSPS) is 11.8. The van der Waals surface area contributed by atoms with Crippen LogP contribution in [0, 0.1) is 0 Å². The molecule has 0 amide bonds. The minimum absolute atomic E-state index is 0.0636. The van der Waals surface area contributed by atoms with Crippen molar-refractivity contribution >= 4 is 22.7 Å². The lowest BCUT2D eigenvalue weighted by atomic mass is 10.0. The monoisotopic (exact) mass is 458 g/mol. The predicted molar refractivity (Wildman–Crippen MR) is 128 cm³/mol. The molecule has 6 heteroatoms. The Morgan fingerprint density at radius 2 is 0.912 bits per heavy atom. The van der Waals surface area contributed by atoms with E-state index in [4.69, 9.17) is 0 Å². The number of hydrogen-bond donors (Lipinski definition) is 2. The lowest BCUT2D eigenvalue weighted by Crippen LogP contribution is -2.51. The van der Waals surface area contributed by atoms with Crippen LogP contribution in [0.2, 0.25) is 0 Å². The van der Waals surface area contributed by atoms with Crippen molar-refractivity contribution in [3.8, 4) is 0 Å². The Morgan fingerprint density at radius 3 is 1.15 bits per heavy atom. The highest BCUT2D eigenvalue weighted by Crippen LogP contribution is 2.17. The second-order valence-electron chi connectivity index (χ2n) is 7.98. The zero-order chi connectivity index (χ0) is 25.1. The molecule has 2 atom stereocenters. The van der Waals surface area contributed by atoms with E-state index in [1.54, 1.807) is 0 Å². The smallest absolute Gasteiger partial charge is 0.107 e. The number of rotatable bonds is 4. The summed E-state index contributed by atoms with van der Waals surface area (Å²) in [6, 6.07) is 30.1. The summed E-state index contributed by atoms with van der Waals surface area (Å²) in [4.78, 5) is 21.2. The van der Waals surface area contributed by atoms with Gasteiger partial charge in [-0.05, 0) is 47.9 Å². The van der Waals surface area contributed by atoms with E-state index < -0.39 is 11.9 Å². The van der Waals surface area contributed by atoms with E-state index in [0.29, 0.717) is 22.9 Å². The van der Waals surface area contributed by atoms with Crippen LogP contribution in [-0.2, 0) is 0 Å². The van der Waals surface area contributed by atoms with Crippen molar-refractivity contribution in [3.63, 3.8) is 0 Å². The first-order chi connectivity index (χ1) is 16.2. The first-order valence-electron chi connectivity index (χ1n) is 10.9. The van der Waals surface area contributed by atoms with Crippen molar-refractivity contribution in [1.82, 2.24) is 0 Å². The van der Waals surface area contributed by atoms with Crippen LogP contribution in [0.15, 0.2) is 97.1 Å². The van der Waals surface area contributed by atoms with Gasteiger partial charge in [0.1, 0.15) is 12.1 Å². The Balaban J connectivity index is 0.000000194. The Hall–Kier alpha value is -4.00. The highest BCUT2D eigenvalue weighted by molar-refractivity contribution is 5.97. The molecule has 176 valence electrons. The first-order valence-corrected chi connectivity index (χ1v) is 10.9. The standard InChI is InChI=1S/C12H8O4.2C8H11N/c13-11(14)9-3-1-7-5-10(12(15)16)4-2-8(7)6-9;2*1-7(9)8-5-3-2-4-6-8/h1-6H,(H,13,14)(H,15,16);2*2-7H,9H2,1H3/t;2*7-/m.10/s1. The van der Waals surface area contributed by atoms with Crippen LogP contribution < -0.4 is 21.7 Å². The van der Waals surface area contributed by atoms with Crippen LogP contribution in [0.1, 0.15) is 57.8 Å². The number of hydrogen-bond acceptors (Lipinski definition) is 4. The molecule has 0 heterocycles. The van der Waals surface area contributed by atoms with E-state index in [1.807, 2.05) is 36.4 Å². The zero-order valence-electron chi connectivity index (χ0n) is 19.4. The number of carbonyl (C=O) groups excluding carboxylic acids is 2. The van der Waals surface area contributed by atoms with E-state index >= 15 is 0 Å². The largest absolute Gasteiger partial charge is 0.545 e. The fourth-order valence-electron chi connectivity index (χ4n) is 3.06. The molecule has 0 unspecified atom stereocenters. The summed E-state index contributed by atoms with van der Waals surface area (Å²) in [7, 11) is 0. The minimum Gasteiger partial charge on any atom is -0.545 e. The molecule has 0 aliphatic rings. The van der Waals surface area contributed by atoms with Gasteiger partial charge in [-0.2, -0.15) is 0 Å². The lowest BCUT2D eigenvalue weighted by molar-refractivity contribution is -0.420. The van der Waals surface area contributed by atoms with Crippen LogP contribution in [0.5, 0.6) is 0 Å². The van der Waals surface area contributed by atoms with Crippen molar-refractivity contribution < 1.29 is 31.3 Å². The molecule has 4 rings (SSSR count). The van der Waals surface area contributed by atoms with Gasteiger partial charge in [-0.1, -0.05) is 84.9 Å². The van der Waals surface area contributed by atoms with Crippen molar-refractivity contribution in [2.24, 2.45) is 0 Å². The van der Waals surface area contributed by atoms with Gasteiger partial charge in [0, 0.05) is 11.1 Å². The minimum atomic E-state index is -1.26. The van der Waals surface area contributed by atoms with Crippen molar-refractivity contribution in [3.05, 3.63) is 119 Å². The molecule has 6 nitrogen and oxygen atoms in total. The average Bonchev–Trinajstić information content (AvgIpc) is 2.85. The molecule has 34 heavy (non-hydrogen) atoms. The molecular weight excluding hydrogens is 428 g/mol. The van der Waals surface area contributed by atoms with Gasteiger partial charge in [-0.15, -0.1) is 0 Å². The summed E-state index contributed by atoms with van der Waals surface area (Å²) in [6.45, 7) is 4.19. The van der Waals surface area contributed by atoms with E-state index in [0.717, 1.165) is 0 Å². The molecule has 0 aliphatic heterocycles. The van der Waals surface area contributed by atoms with Crippen LogP contribution in [0.25, 0.3) is 10.8 Å². The third-order valence-corrected chi connectivity index (χ3v) is 5.05. The van der Waals surface area contributed by atoms with Crippen LogP contribution >= 0.6 is 0 Å². The number of quaternary nitrogens is 2. The van der Waals surface area contributed by atoms with Crippen LogP contribution in [-0.4, -0.2) is 11.9 Å². The van der Waals surface area contributed by atoms with Gasteiger partial charge in [-0.3, -0.25) is 0 Å². The fraction of sp³-hybridized carbons (Fsp3) is 0.143. The third kappa shape index (κ3) is 8.16. The summed E-state index contributed by atoms with van der Waals surface area (Å²) in [5, 5.41) is 22.5. The van der Waals surface area contributed by atoms with E-state index in [1.165, 1.54) is 47.5 Å². The Bertz CT molecular complexity index is 1110. The summed E-state index contributed by atoms with van der Waals surface area (Å²) in [5.74, 6) is -2.52. The maximum absolute atomic E-state index is 10.6. The van der Waals surface area contributed by atoms with Gasteiger partial charge in [0.05, 0.1) is 11.9 Å². The maximum atomic E-state index is 10.6. The second kappa shape index (κ2) is 12.9. The van der Waals surface area contributed by atoms with Gasteiger partial charge < -0.3 is 31.3 Å². The lowest BCUT2D eigenvalue weighted by Gasteiger charge is -2.07. The number of benzene rings is 4. The van der Waals surface area contributed by atoms with Crippen molar-refractivity contribution in [2.45, 2.75) is 25.9 Å². The summed E-state index contributed by atoms with van der Waals surface area (Å²) >= 11 is 0. The average molecular weight is 459 g/mol. The second-order valence-corrected chi connectivity index (χ2v) is 7.98. The van der Waals surface area contributed by atoms with Gasteiger partial charge in [0.25, 0.3) is 0 Å². The summed E-state index contributed by atoms with van der Waals surface area (Å²) < 4.78 is 0. The number of aromatic carboxylic acids is 2. The van der Waals surface area contributed by atoms with Crippen LogP contribution in [0.3, 0.4) is 0 Å². The predicted octanol–water partition coefficient (Wildman–Crippen LogP) is 1.55. The quantitative estimate of drug-likeness (QED) is 0.479.